The van der Waals surface area contributed by atoms with Gasteiger partial charge in [-0.25, -0.2) is 4.39 Å². The monoisotopic (exact) mass is 342 g/mol. The van der Waals surface area contributed by atoms with Crippen molar-refractivity contribution in [3.8, 4) is 5.75 Å². The highest BCUT2D eigenvalue weighted by atomic mass is 19.1. The highest BCUT2D eigenvalue weighted by Gasteiger charge is 2.36. The van der Waals surface area contributed by atoms with Gasteiger partial charge in [-0.2, -0.15) is 0 Å². The van der Waals surface area contributed by atoms with Crippen LogP contribution in [0.5, 0.6) is 5.75 Å². The van der Waals surface area contributed by atoms with E-state index in [1.165, 1.54) is 11.0 Å². The van der Waals surface area contributed by atoms with Gasteiger partial charge < -0.3 is 10.1 Å². The molecule has 1 atom stereocenters. The van der Waals surface area contributed by atoms with Crippen molar-refractivity contribution in [2.24, 2.45) is 0 Å². The zero-order chi connectivity index (χ0) is 17.8. The first-order valence-electron chi connectivity index (χ1n) is 8.07. The number of hydrogen-bond acceptors (Lipinski definition) is 3. The van der Waals surface area contributed by atoms with Crippen LogP contribution in [-0.4, -0.2) is 25.0 Å². The Hall–Kier alpha value is -2.89. The molecule has 5 nitrogen and oxygen atoms in total. The van der Waals surface area contributed by atoms with Crippen LogP contribution in [0.2, 0.25) is 0 Å². The molecule has 1 heterocycles. The van der Waals surface area contributed by atoms with Gasteiger partial charge in [-0.05, 0) is 36.8 Å². The number of carbonyl (C=O) groups is 2. The van der Waals surface area contributed by atoms with Gasteiger partial charge in [0.15, 0.2) is 0 Å². The van der Waals surface area contributed by atoms with Gasteiger partial charge in [0, 0.05) is 24.2 Å². The van der Waals surface area contributed by atoms with Crippen LogP contribution in [0.15, 0.2) is 48.5 Å². The molecule has 6 heteroatoms. The number of rotatable bonds is 5. The van der Waals surface area contributed by atoms with E-state index in [0.29, 0.717) is 29.8 Å². The molecule has 1 aliphatic heterocycles. The summed E-state index contributed by atoms with van der Waals surface area (Å²) in [5.74, 6) is -0.0746. The summed E-state index contributed by atoms with van der Waals surface area (Å²) < 4.78 is 18.8. The van der Waals surface area contributed by atoms with Crippen LogP contribution in [0.4, 0.5) is 10.1 Å². The molecule has 130 valence electrons. The van der Waals surface area contributed by atoms with Crippen molar-refractivity contribution in [1.29, 1.82) is 0 Å². The summed E-state index contributed by atoms with van der Waals surface area (Å²) in [4.78, 5) is 26.3. The van der Waals surface area contributed by atoms with Crippen molar-refractivity contribution in [3.05, 3.63) is 59.9 Å². The molecule has 0 aromatic heterocycles. The van der Waals surface area contributed by atoms with Crippen molar-refractivity contribution >= 4 is 17.5 Å². The number of carbonyl (C=O) groups excluding carboxylic acids is 2. The maximum Gasteiger partial charge on any atom is 0.243 e. The van der Waals surface area contributed by atoms with E-state index in [-0.39, 0.29) is 24.2 Å². The van der Waals surface area contributed by atoms with E-state index in [0.717, 1.165) is 0 Å². The quantitative estimate of drug-likeness (QED) is 0.909. The second-order valence-electron chi connectivity index (χ2n) is 5.83. The molecule has 0 radical (unpaired) electrons. The van der Waals surface area contributed by atoms with E-state index in [1.807, 2.05) is 0 Å². The number of anilines is 1. The molecular weight excluding hydrogens is 323 g/mol. The molecule has 1 unspecified atom stereocenters. The average molecular weight is 342 g/mol. The summed E-state index contributed by atoms with van der Waals surface area (Å²) in [6, 6.07) is 12.7. The minimum absolute atomic E-state index is 0.0899. The lowest BCUT2D eigenvalue weighted by molar-refractivity contribution is -0.124. The molecule has 0 spiro atoms. The van der Waals surface area contributed by atoms with Crippen LogP contribution in [0.25, 0.3) is 0 Å². The summed E-state index contributed by atoms with van der Waals surface area (Å²) in [7, 11) is 1.56. The molecule has 3 rings (SSSR count). The fourth-order valence-corrected chi connectivity index (χ4v) is 2.94. The van der Waals surface area contributed by atoms with Crippen LogP contribution < -0.4 is 15.0 Å². The zero-order valence-corrected chi connectivity index (χ0v) is 13.9. The van der Waals surface area contributed by atoms with Crippen molar-refractivity contribution in [2.45, 2.75) is 25.4 Å². The van der Waals surface area contributed by atoms with E-state index >= 15 is 0 Å². The summed E-state index contributed by atoms with van der Waals surface area (Å²) in [5, 5.41) is 2.73. The lowest BCUT2D eigenvalue weighted by Crippen LogP contribution is -2.44. The molecule has 1 aliphatic rings. The van der Waals surface area contributed by atoms with E-state index in [4.69, 9.17) is 4.74 Å². The third kappa shape index (κ3) is 3.63. The van der Waals surface area contributed by atoms with Crippen molar-refractivity contribution in [2.75, 3.05) is 12.0 Å². The molecule has 2 amide bonds. The van der Waals surface area contributed by atoms with E-state index < -0.39 is 6.04 Å². The number of ether oxygens (including phenoxy) is 1. The Labute approximate surface area is 145 Å². The second-order valence-corrected chi connectivity index (χ2v) is 5.83. The van der Waals surface area contributed by atoms with Crippen molar-refractivity contribution in [3.63, 3.8) is 0 Å². The number of methoxy groups -OCH3 is 1. The molecular formula is C19H19FN2O3. The molecule has 1 N–H and O–H groups in total. The Bertz CT molecular complexity index is 776. The molecule has 2 aromatic carbocycles. The smallest absolute Gasteiger partial charge is 0.243 e. The Morgan fingerprint density at radius 3 is 2.64 bits per heavy atom. The lowest BCUT2D eigenvalue weighted by atomic mass is 10.1. The molecule has 1 fully saturated rings. The van der Waals surface area contributed by atoms with Crippen molar-refractivity contribution < 1.29 is 18.7 Å². The third-order valence-electron chi connectivity index (χ3n) is 4.28. The number of nitrogens with one attached hydrogen (secondary N) is 1. The first kappa shape index (κ1) is 17.0. The Balaban J connectivity index is 1.72. The second kappa shape index (κ2) is 7.34. The van der Waals surface area contributed by atoms with Gasteiger partial charge in [0.1, 0.15) is 17.6 Å². The van der Waals surface area contributed by atoms with Crippen LogP contribution in [0, 0.1) is 5.82 Å². The highest BCUT2D eigenvalue weighted by Crippen LogP contribution is 2.28. The van der Waals surface area contributed by atoms with Gasteiger partial charge in [0.05, 0.1) is 7.11 Å². The van der Waals surface area contributed by atoms with Crippen LogP contribution in [-0.2, 0) is 16.1 Å². The SMILES string of the molecule is COc1ccc(N2C(=O)CCC2C(=O)NCc2ccccc2F)cc1. The number of nitrogens with zero attached hydrogens (tertiary/aromatic N) is 1. The molecule has 2 aromatic rings. The zero-order valence-electron chi connectivity index (χ0n) is 13.9. The van der Waals surface area contributed by atoms with Crippen LogP contribution >= 0.6 is 0 Å². The van der Waals surface area contributed by atoms with Gasteiger partial charge in [-0.1, -0.05) is 18.2 Å². The summed E-state index contributed by atoms with van der Waals surface area (Å²) in [5.41, 5.74) is 1.06. The minimum atomic E-state index is -0.590. The summed E-state index contributed by atoms with van der Waals surface area (Å²) in [6.45, 7) is 0.0899. The summed E-state index contributed by atoms with van der Waals surface area (Å²) in [6.07, 6.45) is 0.748. The fourth-order valence-electron chi connectivity index (χ4n) is 2.94. The average Bonchev–Trinajstić information content (AvgIpc) is 3.02. The Kier molecular flexibility index (Phi) is 4.97. The fraction of sp³-hybridized carbons (Fsp3) is 0.263. The maximum absolute atomic E-state index is 13.7. The Morgan fingerprint density at radius 2 is 1.96 bits per heavy atom. The highest BCUT2D eigenvalue weighted by molar-refractivity contribution is 6.03. The van der Waals surface area contributed by atoms with Gasteiger partial charge in [-0.3, -0.25) is 14.5 Å². The van der Waals surface area contributed by atoms with E-state index in [2.05, 4.69) is 5.32 Å². The predicted octanol–water partition coefficient (Wildman–Crippen LogP) is 2.65. The molecule has 1 saturated heterocycles. The normalized spacial score (nSPS) is 16.8. The van der Waals surface area contributed by atoms with Crippen LogP contribution in [0.3, 0.4) is 0 Å². The van der Waals surface area contributed by atoms with Gasteiger partial charge in [0.25, 0.3) is 0 Å². The largest absolute Gasteiger partial charge is 0.497 e. The summed E-state index contributed by atoms with van der Waals surface area (Å²) >= 11 is 0. The topological polar surface area (TPSA) is 58.6 Å². The molecule has 0 aliphatic carbocycles. The predicted molar refractivity (Wildman–Crippen MR) is 91.7 cm³/mol. The molecule has 25 heavy (non-hydrogen) atoms. The number of amides is 2. The first-order valence-corrected chi connectivity index (χ1v) is 8.07. The first-order chi connectivity index (χ1) is 12.1. The van der Waals surface area contributed by atoms with Gasteiger partial charge in [-0.15, -0.1) is 0 Å². The van der Waals surface area contributed by atoms with Crippen molar-refractivity contribution in [1.82, 2.24) is 5.32 Å². The number of hydrogen-bond donors (Lipinski definition) is 1. The third-order valence-corrected chi connectivity index (χ3v) is 4.28. The number of halogens is 1. The lowest BCUT2D eigenvalue weighted by Gasteiger charge is -2.24. The molecule has 0 bridgehead atoms. The number of benzene rings is 2. The van der Waals surface area contributed by atoms with E-state index in [1.54, 1.807) is 49.6 Å². The minimum Gasteiger partial charge on any atom is -0.497 e. The molecule has 0 saturated carbocycles. The van der Waals surface area contributed by atoms with Crippen LogP contribution in [0.1, 0.15) is 18.4 Å². The van der Waals surface area contributed by atoms with E-state index in [9.17, 15) is 14.0 Å². The van der Waals surface area contributed by atoms with Gasteiger partial charge in [0.2, 0.25) is 11.8 Å². The van der Waals surface area contributed by atoms with Gasteiger partial charge >= 0.3 is 0 Å². The standard InChI is InChI=1S/C19H19FN2O3/c1-25-15-8-6-14(7-9-15)22-17(10-11-18(22)23)19(24)21-12-13-4-2-3-5-16(13)20/h2-9,17H,10-12H2,1H3,(H,21,24). The Morgan fingerprint density at radius 1 is 1.24 bits per heavy atom. The maximum atomic E-state index is 13.7.